The summed E-state index contributed by atoms with van der Waals surface area (Å²) in [5, 5.41) is 11.7. The van der Waals surface area contributed by atoms with Crippen LogP contribution in [0, 0.1) is 10.1 Å². The van der Waals surface area contributed by atoms with Crippen molar-refractivity contribution >= 4 is 28.3 Å². The first-order valence-electron chi connectivity index (χ1n) is 9.15. The largest absolute Gasteiger partial charge is 0.445 e. The molecular formula is C23H16N2O5. The van der Waals surface area contributed by atoms with Crippen molar-refractivity contribution in [3.8, 4) is 0 Å². The van der Waals surface area contributed by atoms with Crippen LogP contribution in [-0.2, 0) is 4.74 Å². The van der Waals surface area contributed by atoms with Crippen molar-refractivity contribution in [2.24, 2.45) is 0 Å². The number of Topliss-reactive ketones (excluding diaryl/α,β-unsaturated/α-hetero) is 1. The Morgan fingerprint density at radius 1 is 0.933 bits per heavy atom. The van der Waals surface area contributed by atoms with Crippen molar-refractivity contribution in [1.29, 1.82) is 0 Å². The number of nitro benzene ring substituents is 1. The highest BCUT2D eigenvalue weighted by Crippen LogP contribution is 2.28. The van der Waals surface area contributed by atoms with Crippen LogP contribution in [0.4, 0.5) is 5.69 Å². The van der Waals surface area contributed by atoms with Crippen LogP contribution in [-0.4, -0.2) is 21.7 Å². The fourth-order valence-electron chi connectivity index (χ4n) is 3.24. The molecule has 1 atom stereocenters. The zero-order valence-electron chi connectivity index (χ0n) is 15.6. The molecule has 0 radical (unpaired) electrons. The van der Waals surface area contributed by atoms with Gasteiger partial charge in [-0.2, -0.15) is 0 Å². The van der Waals surface area contributed by atoms with Gasteiger partial charge in [0.15, 0.2) is 6.10 Å². The first kappa shape index (κ1) is 19.1. The van der Waals surface area contributed by atoms with Gasteiger partial charge in [0.1, 0.15) is 0 Å². The number of ether oxygens (including phenoxy) is 1. The van der Waals surface area contributed by atoms with Crippen LogP contribution in [0.25, 0.3) is 10.9 Å². The molecule has 0 amide bonds. The maximum Gasteiger partial charge on any atom is 0.339 e. The molecule has 0 bridgehead atoms. The Morgan fingerprint density at radius 2 is 1.67 bits per heavy atom. The summed E-state index contributed by atoms with van der Waals surface area (Å²) in [6.45, 7) is 0. The minimum absolute atomic E-state index is 0.00291. The predicted molar refractivity (Wildman–Crippen MR) is 110 cm³/mol. The Kier molecular flexibility index (Phi) is 5.09. The van der Waals surface area contributed by atoms with Gasteiger partial charge in [0.05, 0.1) is 10.5 Å². The van der Waals surface area contributed by atoms with Gasteiger partial charge in [-0.1, -0.05) is 54.6 Å². The fraction of sp³-hybridized carbons (Fsp3) is 0.0435. The van der Waals surface area contributed by atoms with E-state index in [1.54, 1.807) is 36.5 Å². The normalized spacial score (nSPS) is 11.7. The van der Waals surface area contributed by atoms with Crippen molar-refractivity contribution in [3.05, 3.63) is 112 Å². The maximum atomic E-state index is 13.4. The molecule has 1 heterocycles. The van der Waals surface area contributed by atoms with Crippen molar-refractivity contribution in [2.45, 2.75) is 6.10 Å². The van der Waals surface area contributed by atoms with Gasteiger partial charge >= 0.3 is 5.97 Å². The fourth-order valence-corrected chi connectivity index (χ4v) is 3.24. The number of H-pyrrole nitrogens is 1. The number of hydrogen-bond acceptors (Lipinski definition) is 5. The smallest absolute Gasteiger partial charge is 0.339 e. The van der Waals surface area contributed by atoms with Gasteiger partial charge in [0.25, 0.3) is 5.69 Å². The van der Waals surface area contributed by atoms with Crippen LogP contribution in [0.2, 0.25) is 0 Å². The number of non-ortho nitro benzene ring substituents is 1. The number of para-hydroxylation sites is 1. The van der Waals surface area contributed by atoms with Crippen LogP contribution in [0.5, 0.6) is 0 Å². The quantitative estimate of drug-likeness (QED) is 0.216. The van der Waals surface area contributed by atoms with Crippen LogP contribution in [0.15, 0.2) is 85.1 Å². The number of esters is 1. The van der Waals surface area contributed by atoms with Gasteiger partial charge in [-0.15, -0.1) is 0 Å². The highest BCUT2D eigenvalue weighted by Gasteiger charge is 2.29. The van der Waals surface area contributed by atoms with E-state index in [0.717, 1.165) is 17.0 Å². The molecule has 0 saturated heterocycles. The zero-order chi connectivity index (χ0) is 21.1. The molecular weight excluding hydrogens is 384 g/mol. The second-order valence-electron chi connectivity index (χ2n) is 6.62. The van der Waals surface area contributed by atoms with E-state index < -0.39 is 22.8 Å². The number of nitrogens with zero attached hydrogens (tertiary/aromatic N) is 1. The second kappa shape index (κ2) is 8.00. The molecule has 0 unspecified atom stereocenters. The highest BCUT2D eigenvalue weighted by atomic mass is 16.6. The lowest BCUT2D eigenvalue weighted by atomic mass is 9.99. The number of carbonyl (C=O) groups excluding carboxylic acids is 2. The topological polar surface area (TPSA) is 102 Å². The van der Waals surface area contributed by atoms with E-state index in [4.69, 9.17) is 4.74 Å². The molecule has 1 aromatic heterocycles. The SMILES string of the molecule is O=C(O[C@@H](C(=O)c1c[nH]c2ccccc12)c1ccccc1)c1cccc([N+](=O)[O-])c1. The molecule has 0 aliphatic carbocycles. The lowest BCUT2D eigenvalue weighted by molar-refractivity contribution is -0.384. The molecule has 7 nitrogen and oxygen atoms in total. The molecule has 0 saturated carbocycles. The number of rotatable bonds is 6. The van der Waals surface area contributed by atoms with E-state index in [1.807, 2.05) is 24.3 Å². The molecule has 148 valence electrons. The van der Waals surface area contributed by atoms with Gasteiger partial charge in [0.2, 0.25) is 5.78 Å². The van der Waals surface area contributed by atoms with Gasteiger partial charge < -0.3 is 9.72 Å². The number of fused-ring (bicyclic) bond motifs is 1. The molecule has 1 N–H and O–H groups in total. The Balaban J connectivity index is 1.70. The maximum absolute atomic E-state index is 13.4. The van der Waals surface area contributed by atoms with E-state index >= 15 is 0 Å². The number of ketones is 1. The third kappa shape index (κ3) is 3.68. The van der Waals surface area contributed by atoms with Crippen molar-refractivity contribution in [2.75, 3.05) is 0 Å². The Labute approximate surface area is 171 Å². The molecule has 7 heteroatoms. The summed E-state index contributed by atoms with van der Waals surface area (Å²) in [5.74, 6) is -1.21. The third-order valence-electron chi connectivity index (χ3n) is 4.71. The molecule has 3 aromatic carbocycles. The molecule has 0 aliphatic heterocycles. The van der Waals surface area contributed by atoms with Crippen molar-refractivity contribution in [1.82, 2.24) is 4.98 Å². The average molecular weight is 400 g/mol. The summed E-state index contributed by atoms with van der Waals surface area (Å²) in [6.07, 6.45) is 0.390. The number of nitrogens with one attached hydrogen (secondary N) is 1. The van der Waals surface area contributed by atoms with Gasteiger partial charge in [-0.05, 0) is 12.1 Å². The number of aromatic amines is 1. The predicted octanol–water partition coefficient (Wildman–Crippen LogP) is 4.86. The van der Waals surface area contributed by atoms with Gasteiger partial charge in [0, 0.05) is 40.4 Å². The summed E-state index contributed by atoms with van der Waals surface area (Å²) in [6, 6.07) is 21.2. The van der Waals surface area contributed by atoms with Crippen molar-refractivity contribution in [3.63, 3.8) is 0 Å². The van der Waals surface area contributed by atoms with Crippen molar-refractivity contribution < 1.29 is 19.2 Å². The summed E-state index contributed by atoms with van der Waals surface area (Å²) >= 11 is 0. The molecule has 0 fully saturated rings. The monoisotopic (exact) mass is 400 g/mol. The second-order valence-corrected chi connectivity index (χ2v) is 6.62. The van der Waals surface area contributed by atoms with Crippen LogP contribution in [0.3, 0.4) is 0 Å². The zero-order valence-corrected chi connectivity index (χ0v) is 15.6. The number of hydrogen-bond donors (Lipinski definition) is 1. The minimum Gasteiger partial charge on any atom is -0.445 e. The highest BCUT2D eigenvalue weighted by molar-refractivity contribution is 6.11. The molecule has 0 aliphatic rings. The molecule has 4 aromatic rings. The standard InChI is InChI=1S/C23H16N2O5/c26-21(19-14-24-20-12-5-4-11-18(19)20)22(15-7-2-1-3-8-15)30-23(27)16-9-6-10-17(13-16)25(28)29/h1-14,22,24H/t22-/m1/s1. The lowest BCUT2D eigenvalue weighted by Gasteiger charge is -2.17. The Hall–Kier alpha value is -4.26. The Bertz CT molecular complexity index is 1250. The number of carbonyl (C=O) groups is 2. The summed E-state index contributed by atoms with van der Waals surface area (Å²) < 4.78 is 5.57. The molecule has 0 spiro atoms. The first-order valence-corrected chi connectivity index (χ1v) is 9.15. The Morgan fingerprint density at radius 3 is 2.43 bits per heavy atom. The van der Waals surface area contributed by atoms with E-state index in [0.29, 0.717) is 11.1 Å². The molecule has 30 heavy (non-hydrogen) atoms. The van der Waals surface area contributed by atoms with E-state index in [1.165, 1.54) is 18.2 Å². The minimum atomic E-state index is -1.20. The van der Waals surface area contributed by atoms with E-state index in [9.17, 15) is 19.7 Å². The van der Waals surface area contributed by atoms with Crippen LogP contribution < -0.4 is 0 Å². The van der Waals surface area contributed by atoms with E-state index in [-0.39, 0.29) is 11.3 Å². The van der Waals surface area contributed by atoms with Crippen LogP contribution in [0.1, 0.15) is 32.4 Å². The number of nitro groups is 1. The molecule has 4 rings (SSSR count). The summed E-state index contributed by atoms with van der Waals surface area (Å²) in [7, 11) is 0. The van der Waals surface area contributed by atoms with Crippen LogP contribution >= 0.6 is 0 Å². The number of aromatic nitrogens is 1. The third-order valence-corrected chi connectivity index (χ3v) is 4.71. The summed E-state index contributed by atoms with van der Waals surface area (Å²) in [4.78, 5) is 39.5. The van der Waals surface area contributed by atoms with Gasteiger partial charge in [-0.3, -0.25) is 14.9 Å². The summed E-state index contributed by atoms with van der Waals surface area (Å²) in [5.41, 5.74) is 1.45. The average Bonchev–Trinajstić information content (AvgIpc) is 3.21. The van der Waals surface area contributed by atoms with E-state index in [2.05, 4.69) is 4.98 Å². The van der Waals surface area contributed by atoms with Gasteiger partial charge in [-0.25, -0.2) is 4.79 Å². The number of benzene rings is 3. The lowest BCUT2D eigenvalue weighted by Crippen LogP contribution is -2.20. The first-order chi connectivity index (χ1) is 14.5.